The lowest BCUT2D eigenvalue weighted by Gasteiger charge is -2.28. The predicted octanol–water partition coefficient (Wildman–Crippen LogP) is 1.74. The number of hydrogen-bond acceptors (Lipinski definition) is 6. The Kier molecular flexibility index (Phi) is 5.13. The van der Waals surface area contributed by atoms with Crippen LogP contribution in [0, 0.1) is 0 Å². The zero-order valence-electron chi connectivity index (χ0n) is 13.9. The molecule has 1 unspecified atom stereocenters. The van der Waals surface area contributed by atoms with Crippen LogP contribution in [0.5, 0.6) is 0 Å². The molecule has 3 heterocycles. The number of alkyl halides is 3. The largest absolute Gasteiger partial charge is 0.481 e. The third-order valence-electron chi connectivity index (χ3n) is 4.12. The zero-order valence-corrected chi connectivity index (χ0v) is 13.9. The van der Waals surface area contributed by atoms with Crippen molar-refractivity contribution in [1.82, 2.24) is 15.2 Å². The van der Waals surface area contributed by atoms with Gasteiger partial charge in [0.05, 0.1) is 43.3 Å². The Morgan fingerprint density at radius 1 is 1.44 bits per heavy atom. The van der Waals surface area contributed by atoms with E-state index in [0.29, 0.717) is 11.3 Å². The molecule has 1 atom stereocenters. The van der Waals surface area contributed by atoms with Gasteiger partial charge in [0.15, 0.2) is 0 Å². The second-order valence-electron chi connectivity index (χ2n) is 5.87. The SMILES string of the molecule is O=C(O)CCOCC1c2ncccc2CN1c1cn[nH]c(=O)c1C(F)(F)F. The number of carboxylic acids is 1. The maximum atomic E-state index is 13.4. The molecule has 0 fully saturated rings. The van der Waals surface area contributed by atoms with Gasteiger partial charge in [-0.25, -0.2) is 5.10 Å². The first kappa shape index (κ1) is 18.8. The molecule has 2 aromatic heterocycles. The van der Waals surface area contributed by atoms with Crippen molar-refractivity contribution in [1.29, 1.82) is 0 Å². The standard InChI is InChI=1S/C16H15F3N4O4/c17-16(18,19)13-10(6-21-22-15(13)26)23-7-9-2-1-4-20-14(9)11(23)8-27-5-3-12(24)25/h1-2,4,6,11H,3,5,7-8H2,(H,22,26)(H,24,25). The highest BCUT2D eigenvalue weighted by molar-refractivity contribution is 5.66. The van der Waals surface area contributed by atoms with E-state index in [1.54, 1.807) is 17.2 Å². The van der Waals surface area contributed by atoms with E-state index in [1.807, 2.05) is 0 Å². The second-order valence-corrected chi connectivity index (χ2v) is 5.87. The van der Waals surface area contributed by atoms with Crippen molar-refractivity contribution in [2.24, 2.45) is 0 Å². The summed E-state index contributed by atoms with van der Waals surface area (Å²) in [5.41, 5.74) is -1.86. The van der Waals surface area contributed by atoms with Gasteiger partial charge in [-0.3, -0.25) is 14.6 Å². The van der Waals surface area contributed by atoms with Crippen molar-refractivity contribution >= 4 is 11.7 Å². The zero-order chi connectivity index (χ0) is 19.6. The molecule has 3 rings (SSSR count). The lowest BCUT2D eigenvalue weighted by molar-refractivity contribution is -0.139. The molecule has 2 aromatic rings. The second kappa shape index (κ2) is 7.35. The minimum Gasteiger partial charge on any atom is -0.481 e. The maximum absolute atomic E-state index is 13.4. The molecule has 1 aliphatic rings. The average molecular weight is 384 g/mol. The molecule has 144 valence electrons. The van der Waals surface area contributed by atoms with Gasteiger partial charge in [0.2, 0.25) is 0 Å². The molecule has 0 saturated heterocycles. The summed E-state index contributed by atoms with van der Waals surface area (Å²) in [5, 5.41) is 14.0. The van der Waals surface area contributed by atoms with Crippen LogP contribution in [0.15, 0.2) is 29.3 Å². The van der Waals surface area contributed by atoms with E-state index in [9.17, 15) is 22.8 Å². The van der Waals surface area contributed by atoms with Gasteiger partial charge in [-0.1, -0.05) is 6.07 Å². The highest BCUT2D eigenvalue weighted by Gasteiger charge is 2.42. The first-order valence-corrected chi connectivity index (χ1v) is 7.94. The molecule has 0 bridgehead atoms. The van der Waals surface area contributed by atoms with Crippen LogP contribution in [-0.4, -0.2) is 39.5 Å². The highest BCUT2D eigenvalue weighted by Crippen LogP contribution is 2.41. The van der Waals surface area contributed by atoms with Gasteiger partial charge >= 0.3 is 12.1 Å². The first-order valence-electron chi connectivity index (χ1n) is 7.94. The lowest BCUT2D eigenvalue weighted by Crippen LogP contribution is -2.32. The third kappa shape index (κ3) is 3.92. The number of carbonyl (C=O) groups is 1. The van der Waals surface area contributed by atoms with Crippen LogP contribution < -0.4 is 10.5 Å². The fraction of sp³-hybridized carbons (Fsp3) is 0.375. The molecule has 0 saturated carbocycles. The highest BCUT2D eigenvalue weighted by atomic mass is 19.4. The number of aromatic nitrogens is 3. The number of pyridine rings is 1. The molecule has 1 aliphatic heterocycles. The molecule has 27 heavy (non-hydrogen) atoms. The van der Waals surface area contributed by atoms with Crippen LogP contribution in [0.25, 0.3) is 0 Å². The average Bonchev–Trinajstić information content (AvgIpc) is 2.96. The number of nitrogens with one attached hydrogen (secondary N) is 1. The number of carboxylic acid groups (broad SMARTS) is 1. The number of H-pyrrole nitrogens is 1. The number of rotatable bonds is 6. The summed E-state index contributed by atoms with van der Waals surface area (Å²) >= 11 is 0. The van der Waals surface area contributed by atoms with Crippen LogP contribution in [-0.2, 0) is 22.3 Å². The Labute approximate surface area is 150 Å². The number of hydrogen-bond donors (Lipinski definition) is 2. The summed E-state index contributed by atoms with van der Waals surface area (Å²) in [6.45, 7) is -0.0900. The Balaban J connectivity index is 1.96. The van der Waals surface area contributed by atoms with Gasteiger partial charge in [-0.15, -0.1) is 0 Å². The summed E-state index contributed by atoms with van der Waals surface area (Å²) in [6.07, 6.45) is -2.65. The number of aliphatic carboxylic acids is 1. The molecular weight excluding hydrogens is 369 g/mol. The molecule has 8 nitrogen and oxygen atoms in total. The minimum atomic E-state index is -4.87. The van der Waals surface area contributed by atoms with E-state index in [4.69, 9.17) is 9.84 Å². The number of fused-ring (bicyclic) bond motifs is 1. The predicted molar refractivity (Wildman–Crippen MR) is 86.1 cm³/mol. The van der Waals surface area contributed by atoms with E-state index in [2.05, 4.69) is 10.1 Å². The number of halogens is 3. The first-order chi connectivity index (χ1) is 12.8. The molecule has 0 amide bonds. The summed E-state index contributed by atoms with van der Waals surface area (Å²) in [7, 11) is 0. The maximum Gasteiger partial charge on any atom is 0.423 e. The molecule has 11 heteroatoms. The van der Waals surface area contributed by atoms with Crippen molar-refractivity contribution in [2.75, 3.05) is 18.1 Å². The molecular formula is C16H15F3N4O4. The van der Waals surface area contributed by atoms with Gasteiger partial charge in [-0.2, -0.15) is 18.3 Å². The van der Waals surface area contributed by atoms with E-state index in [-0.39, 0.29) is 31.9 Å². The Morgan fingerprint density at radius 3 is 2.93 bits per heavy atom. The summed E-state index contributed by atoms with van der Waals surface area (Å²) in [6, 6.07) is 2.67. The molecule has 0 spiro atoms. The monoisotopic (exact) mass is 384 g/mol. The number of aromatic amines is 1. The Bertz CT molecular complexity index is 900. The summed E-state index contributed by atoms with van der Waals surface area (Å²) < 4.78 is 45.6. The quantitative estimate of drug-likeness (QED) is 0.730. The van der Waals surface area contributed by atoms with Crippen molar-refractivity contribution in [3.8, 4) is 0 Å². The van der Waals surface area contributed by atoms with Crippen LogP contribution in [0.2, 0.25) is 0 Å². The van der Waals surface area contributed by atoms with Crippen molar-refractivity contribution < 1.29 is 27.8 Å². The van der Waals surface area contributed by atoms with Crippen LogP contribution in [0.4, 0.5) is 18.9 Å². The van der Waals surface area contributed by atoms with Crippen molar-refractivity contribution in [3.63, 3.8) is 0 Å². The molecule has 2 N–H and O–H groups in total. The van der Waals surface area contributed by atoms with E-state index < -0.39 is 29.3 Å². The molecule has 0 aromatic carbocycles. The van der Waals surface area contributed by atoms with Gasteiger partial charge in [0, 0.05) is 12.7 Å². The van der Waals surface area contributed by atoms with Gasteiger partial charge in [0.1, 0.15) is 5.56 Å². The fourth-order valence-electron chi connectivity index (χ4n) is 2.98. The van der Waals surface area contributed by atoms with E-state index in [0.717, 1.165) is 6.20 Å². The normalized spacial score (nSPS) is 16.4. The minimum absolute atomic E-state index is 0.0820. The van der Waals surface area contributed by atoms with Gasteiger partial charge in [-0.05, 0) is 11.6 Å². The number of ether oxygens (including phenoxy) is 1. The molecule has 0 aliphatic carbocycles. The summed E-state index contributed by atoms with van der Waals surface area (Å²) in [4.78, 5) is 27.9. The lowest BCUT2D eigenvalue weighted by atomic mass is 10.1. The summed E-state index contributed by atoms with van der Waals surface area (Å²) in [5.74, 6) is -1.05. The van der Waals surface area contributed by atoms with Crippen LogP contribution in [0.1, 0.15) is 29.3 Å². The van der Waals surface area contributed by atoms with Crippen molar-refractivity contribution in [3.05, 3.63) is 51.7 Å². The van der Waals surface area contributed by atoms with E-state index in [1.165, 1.54) is 11.1 Å². The number of anilines is 1. The van der Waals surface area contributed by atoms with Gasteiger partial charge in [0.25, 0.3) is 5.56 Å². The smallest absolute Gasteiger partial charge is 0.423 e. The molecule has 0 radical (unpaired) electrons. The van der Waals surface area contributed by atoms with Crippen molar-refractivity contribution in [2.45, 2.75) is 25.2 Å². The third-order valence-corrected chi connectivity index (χ3v) is 4.12. The van der Waals surface area contributed by atoms with E-state index >= 15 is 0 Å². The van der Waals surface area contributed by atoms with Gasteiger partial charge < -0.3 is 14.7 Å². The topological polar surface area (TPSA) is 108 Å². The van der Waals surface area contributed by atoms with Crippen LogP contribution >= 0.6 is 0 Å². The Hall–Kier alpha value is -2.95. The Morgan fingerprint density at radius 2 is 2.22 bits per heavy atom. The van der Waals surface area contributed by atoms with Crippen LogP contribution in [0.3, 0.4) is 0 Å². The fourth-order valence-corrected chi connectivity index (χ4v) is 2.98. The number of nitrogens with zero attached hydrogens (tertiary/aromatic N) is 3.